The van der Waals surface area contributed by atoms with Gasteiger partial charge >= 0.3 is 12.4 Å². The van der Waals surface area contributed by atoms with Crippen LogP contribution in [0.1, 0.15) is 93.6 Å². The Bertz CT molecular complexity index is 1010. The van der Waals surface area contributed by atoms with Gasteiger partial charge in [-0.25, -0.2) is 0 Å². The number of aliphatic hydroxyl groups is 1. The molecule has 2 aliphatic rings. The number of hydrogen-bond acceptors (Lipinski definition) is 3. The van der Waals surface area contributed by atoms with Crippen molar-refractivity contribution in [2.75, 3.05) is 0 Å². The van der Waals surface area contributed by atoms with Crippen LogP contribution in [-0.4, -0.2) is 42.8 Å². The molecule has 1 N–H and O–H groups in total. The van der Waals surface area contributed by atoms with Crippen molar-refractivity contribution in [3.8, 4) is 0 Å². The lowest BCUT2D eigenvalue weighted by atomic mass is 9.56. The minimum absolute atomic E-state index is 0.00705. The molecule has 4 atom stereocenters. The monoisotopic (exact) mass is 564 g/mol. The third kappa shape index (κ3) is 7.21. The molecule has 0 saturated heterocycles. The highest BCUT2D eigenvalue weighted by molar-refractivity contribution is 6.69. The van der Waals surface area contributed by atoms with Gasteiger partial charge in [0.25, 0.3) is 5.60 Å². The highest BCUT2D eigenvalue weighted by atomic mass is 28.4. The van der Waals surface area contributed by atoms with E-state index in [-0.39, 0.29) is 43.0 Å². The van der Waals surface area contributed by atoms with E-state index in [0.717, 1.165) is 6.08 Å². The summed E-state index contributed by atoms with van der Waals surface area (Å²) in [5.74, 6) is -0.613. The predicted octanol–water partition coefficient (Wildman–Crippen LogP) is 8.38. The lowest BCUT2D eigenvalue weighted by Gasteiger charge is -2.48. The molecule has 10 heteroatoms. The fourth-order valence-electron chi connectivity index (χ4n) is 6.72. The highest BCUT2D eigenvalue weighted by Crippen LogP contribution is 2.62. The predicted molar refractivity (Wildman–Crippen MR) is 134 cm³/mol. The SMILES string of the molecule is [2H]C([2H])([2H])C(O)(CCC[C@](C)(C/C=C\C(O[Si](C)(C)C)(C(F)(F)F)C(F)(F)F)[C@H]1CCC2C(=O)CCC[C@@]21C)C([2H])([2H])[2H]. The summed E-state index contributed by atoms with van der Waals surface area (Å²) >= 11 is 0. The van der Waals surface area contributed by atoms with Gasteiger partial charge in [0.2, 0.25) is 0 Å². The number of allylic oxidation sites excluding steroid dienone is 1. The standard InChI is InChI=1S/C27H44F6O3Si/c1-22(2,35)14-9-15-23(3,21-13-12-19-20(34)11-8-17-24(19,21)4)16-10-18-25(26(28,29)30,27(31,32)33)36-37(5,6)7/h10,18-19,21,35H,8-9,11-17H2,1-7H3/b18-10-/t19?,21-,23-,24+/m1/s1/i1D3,2D3. The molecule has 0 aromatic heterocycles. The second-order valence-electron chi connectivity index (χ2n) is 12.4. The molecular weight excluding hydrogens is 514 g/mol. The maximum Gasteiger partial charge on any atom is 0.429 e. The highest BCUT2D eigenvalue weighted by Gasteiger charge is 2.71. The van der Waals surface area contributed by atoms with E-state index in [1.807, 2.05) is 6.92 Å². The number of carbonyl (C=O) groups excluding carboxylic acids is 1. The van der Waals surface area contributed by atoms with E-state index < -0.39 is 62.8 Å². The molecule has 216 valence electrons. The van der Waals surface area contributed by atoms with Crippen molar-refractivity contribution in [3.63, 3.8) is 0 Å². The van der Waals surface area contributed by atoms with Gasteiger partial charge in [0.15, 0.2) is 8.32 Å². The summed E-state index contributed by atoms with van der Waals surface area (Å²) in [6.45, 7) is 0.666. The molecular formula is C27H44F6O3Si. The van der Waals surface area contributed by atoms with Crippen molar-refractivity contribution < 1.29 is 48.9 Å². The smallest absolute Gasteiger partial charge is 0.394 e. The second-order valence-corrected chi connectivity index (χ2v) is 16.9. The number of alkyl halides is 6. The van der Waals surface area contributed by atoms with Crippen LogP contribution in [0.5, 0.6) is 0 Å². The Morgan fingerprint density at radius 2 is 1.70 bits per heavy atom. The minimum Gasteiger partial charge on any atom is -0.394 e. The summed E-state index contributed by atoms with van der Waals surface area (Å²) in [6, 6.07) is 0. The largest absolute Gasteiger partial charge is 0.429 e. The zero-order valence-corrected chi connectivity index (χ0v) is 23.2. The van der Waals surface area contributed by atoms with Gasteiger partial charge in [-0.2, -0.15) is 26.3 Å². The van der Waals surface area contributed by atoms with Gasteiger partial charge in [0.05, 0.1) is 5.60 Å². The molecule has 0 aliphatic heterocycles. The van der Waals surface area contributed by atoms with Gasteiger partial charge in [-0.1, -0.05) is 26.3 Å². The van der Waals surface area contributed by atoms with Gasteiger partial charge < -0.3 is 9.53 Å². The molecule has 2 aliphatic carbocycles. The Kier molecular flexibility index (Phi) is 6.87. The van der Waals surface area contributed by atoms with Crippen molar-refractivity contribution >= 4 is 14.1 Å². The average molecular weight is 565 g/mol. The summed E-state index contributed by atoms with van der Waals surface area (Å²) in [7, 11) is -3.42. The van der Waals surface area contributed by atoms with E-state index in [9.17, 15) is 36.2 Å². The van der Waals surface area contributed by atoms with Crippen LogP contribution < -0.4 is 0 Å². The van der Waals surface area contributed by atoms with Crippen LogP contribution in [0.25, 0.3) is 0 Å². The zero-order valence-electron chi connectivity index (χ0n) is 28.2. The Labute approximate surface area is 227 Å². The van der Waals surface area contributed by atoms with Crippen LogP contribution in [-0.2, 0) is 9.22 Å². The quantitative estimate of drug-likeness (QED) is 0.165. The first-order valence-corrected chi connectivity index (χ1v) is 16.1. The fourth-order valence-corrected chi connectivity index (χ4v) is 7.98. The third-order valence-electron chi connectivity index (χ3n) is 8.24. The maximum absolute atomic E-state index is 14.2. The molecule has 1 unspecified atom stereocenters. The van der Waals surface area contributed by atoms with Crippen LogP contribution >= 0.6 is 0 Å². The topological polar surface area (TPSA) is 46.5 Å². The molecule has 0 radical (unpaired) electrons. The van der Waals surface area contributed by atoms with E-state index in [2.05, 4.69) is 0 Å². The lowest BCUT2D eigenvalue weighted by molar-refractivity contribution is -0.340. The lowest BCUT2D eigenvalue weighted by Crippen LogP contribution is -2.61. The van der Waals surface area contributed by atoms with Crippen LogP contribution in [0.2, 0.25) is 19.6 Å². The Balaban J connectivity index is 2.57. The molecule has 37 heavy (non-hydrogen) atoms. The van der Waals surface area contributed by atoms with Crippen molar-refractivity contribution in [2.24, 2.45) is 22.7 Å². The molecule has 0 spiro atoms. The minimum atomic E-state index is -5.82. The van der Waals surface area contributed by atoms with E-state index in [1.165, 1.54) is 19.6 Å². The van der Waals surface area contributed by atoms with E-state index in [0.29, 0.717) is 32.1 Å². The normalized spacial score (nSPS) is 31.1. The number of ketones is 1. The van der Waals surface area contributed by atoms with Crippen LogP contribution in [0.4, 0.5) is 26.3 Å². The molecule has 0 aromatic rings. The molecule has 0 heterocycles. The van der Waals surface area contributed by atoms with Crippen LogP contribution in [0.15, 0.2) is 12.2 Å². The molecule has 0 bridgehead atoms. The summed E-state index contributed by atoms with van der Waals surface area (Å²) in [4.78, 5) is 12.8. The van der Waals surface area contributed by atoms with E-state index in [4.69, 9.17) is 12.7 Å². The second kappa shape index (κ2) is 10.6. The number of rotatable bonds is 10. The summed E-state index contributed by atoms with van der Waals surface area (Å²) in [5, 5.41) is 10.7. The third-order valence-corrected chi connectivity index (χ3v) is 9.17. The summed E-state index contributed by atoms with van der Waals surface area (Å²) in [6.07, 6.45) is -9.45. The first-order valence-electron chi connectivity index (χ1n) is 15.7. The van der Waals surface area contributed by atoms with Gasteiger partial charge in [-0.15, -0.1) is 0 Å². The molecule has 2 fully saturated rings. The molecule has 2 saturated carbocycles. The number of hydrogen-bond donors (Lipinski definition) is 1. The van der Waals surface area contributed by atoms with E-state index in [1.54, 1.807) is 6.92 Å². The number of fused-ring (bicyclic) bond motifs is 1. The van der Waals surface area contributed by atoms with Crippen molar-refractivity contribution in [1.29, 1.82) is 0 Å². The first-order chi connectivity index (χ1) is 19.0. The molecule has 2 rings (SSSR count). The van der Waals surface area contributed by atoms with Gasteiger partial charge in [-0.3, -0.25) is 4.79 Å². The van der Waals surface area contributed by atoms with Crippen LogP contribution in [0.3, 0.4) is 0 Å². The van der Waals surface area contributed by atoms with Crippen LogP contribution in [0, 0.1) is 22.7 Å². The first kappa shape index (κ1) is 24.0. The number of halogens is 6. The molecule has 0 amide bonds. The van der Waals surface area contributed by atoms with Gasteiger partial charge in [-0.05, 0) is 101 Å². The number of carbonyl (C=O) groups is 1. The van der Waals surface area contributed by atoms with Gasteiger partial charge in [0, 0.05) is 20.6 Å². The summed E-state index contributed by atoms with van der Waals surface area (Å²) < 4.78 is 136. The van der Waals surface area contributed by atoms with E-state index >= 15 is 0 Å². The average Bonchev–Trinajstić information content (AvgIpc) is 3.13. The number of Topliss-reactive ketones (excluding diaryl/α,β-unsaturated/α-hetero) is 1. The summed E-state index contributed by atoms with van der Waals surface area (Å²) in [5.41, 5.74) is -9.27. The Morgan fingerprint density at radius 1 is 1.11 bits per heavy atom. The Morgan fingerprint density at radius 3 is 2.22 bits per heavy atom. The maximum atomic E-state index is 14.2. The fraction of sp³-hybridized carbons (Fsp3) is 0.889. The van der Waals surface area contributed by atoms with Crippen molar-refractivity contribution in [3.05, 3.63) is 12.2 Å². The van der Waals surface area contributed by atoms with Crippen molar-refractivity contribution in [1.82, 2.24) is 0 Å². The van der Waals surface area contributed by atoms with Gasteiger partial charge in [0.1, 0.15) is 5.78 Å². The molecule has 3 nitrogen and oxygen atoms in total. The Hall–Kier alpha value is -0.873. The zero-order chi connectivity index (χ0) is 33.7. The molecule has 0 aromatic carbocycles. The van der Waals surface area contributed by atoms with Crippen molar-refractivity contribution in [2.45, 2.75) is 129 Å².